The van der Waals surface area contributed by atoms with Crippen LogP contribution in [0.2, 0.25) is 0 Å². The zero-order valence-corrected chi connectivity index (χ0v) is 13.6. The number of carbonyl (C=O) groups excluding carboxylic acids is 2. The summed E-state index contributed by atoms with van der Waals surface area (Å²) in [6.07, 6.45) is 1.60. The molecule has 2 aliphatic carbocycles. The summed E-state index contributed by atoms with van der Waals surface area (Å²) in [6.45, 7) is 7.86. The van der Waals surface area contributed by atoms with Crippen LogP contribution in [0.15, 0.2) is 11.5 Å². The van der Waals surface area contributed by atoms with Crippen LogP contribution >= 0.6 is 0 Å². The van der Waals surface area contributed by atoms with Crippen LogP contribution in [0.3, 0.4) is 0 Å². The highest BCUT2D eigenvalue weighted by atomic mass is 16.6. The molecule has 0 bridgehead atoms. The number of hydrogen-bond acceptors (Lipinski definition) is 5. The van der Waals surface area contributed by atoms with Gasteiger partial charge in [0.2, 0.25) is 5.76 Å². The summed E-state index contributed by atoms with van der Waals surface area (Å²) >= 11 is 0. The Morgan fingerprint density at radius 2 is 2.09 bits per heavy atom. The van der Waals surface area contributed by atoms with Gasteiger partial charge in [0.05, 0.1) is 6.61 Å². The number of allylic oxidation sites excluding steroid dienone is 1. The van der Waals surface area contributed by atoms with Gasteiger partial charge in [0.25, 0.3) is 0 Å². The van der Waals surface area contributed by atoms with Crippen LogP contribution in [0.4, 0.5) is 0 Å². The molecule has 0 radical (unpaired) electrons. The van der Waals surface area contributed by atoms with Gasteiger partial charge in [-0.1, -0.05) is 20.8 Å². The Morgan fingerprint density at radius 1 is 1.41 bits per heavy atom. The fourth-order valence-corrected chi connectivity index (χ4v) is 4.92. The summed E-state index contributed by atoms with van der Waals surface area (Å²) in [4.78, 5) is 24.9. The molecule has 1 heterocycles. The standard InChI is InChI=1S/C17H24O5/c1-5-21-14(19)13-10(18)8-9-12-11(22-13)6-7-17(12,4)15(20)16(9,2)3/h9,11-12,18H,5-8H2,1-4H3/t9-,11+,12+,17-/m0/s1. The maximum atomic E-state index is 12.9. The Bertz CT molecular complexity index is 561. The molecule has 1 aliphatic heterocycles. The van der Waals surface area contributed by atoms with Crippen molar-refractivity contribution in [2.45, 2.75) is 53.1 Å². The first-order valence-electron chi connectivity index (χ1n) is 8.04. The summed E-state index contributed by atoms with van der Waals surface area (Å²) in [5.41, 5.74) is -0.928. The van der Waals surface area contributed by atoms with E-state index in [0.717, 1.165) is 12.8 Å². The number of rotatable bonds is 2. The Morgan fingerprint density at radius 3 is 2.73 bits per heavy atom. The van der Waals surface area contributed by atoms with Gasteiger partial charge >= 0.3 is 5.97 Å². The zero-order valence-electron chi connectivity index (χ0n) is 13.6. The van der Waals surface area contributed by atoms with Crippen LogP contribution in [0.25, 0.3) is 0 Å². The van der Waals surface area contributed by atoms with E-state index in [1.54, 1.807) is 6.92 Å². The minimum absolute atomic E-state index is 0.00979. The van der Waals surface area contributed by atoms with Gasteiger partial charge < -0.3 is 14.6 Å². The molecule has 0 spiro atoms. The second-order valence-electron chi connectivity index (χ2n) is 7.50. The molecule has 2 fully saturated rings. The maximum Gasteiger partial charge on any atom is 0.377 e. The van der Waals surface area contributed by atoms with Crippen LogP contribution in [0.5, 0.6) is 0 Å². The summed E-state index contributed by atoms with van der Waals surface area (Å²) in [7, 11) is 0. The number of aliphatic hydroxyl groups is 1. The van der Waals surface area contributed by atoms with Gasteiger partial charge in [-0.3, -0.25) is 4.79 Å². The van der Waals surface area contributed by atoms with E-state index in [1.807, 2.05) is 20.8 Å². The first-order valence-corrected chi connectivity index (χ1v) is 8.04. The van der Waals surface area contributed by atoms with Crippen molar-refractivity contribution in [1.82, 2.24) is 0 Å². The topological polar surface area (TPSA) is 72.8 Å². The molecule has 2 saturated carbocycles. The van der Waals surface area contributed by atoms with E-state index >= 15 is 0 Å². The predicted molar refractivity (Wildman–Crippen MR) is 78.9 cm³/mol. The summed E-state index contributed by atoms with van der Waals surface area (Å²) in [6, 6.07) is 0. The smallest absolute Gasteiger partial charge is 0.377 e. The molecule has 122 valence electrons. The lowest BCUT2D eigenvalue weighted by atomic mass is 9.75. The number of ether oxygens (including phenoxy) is 2. The molecule has 0 aromatic rings. The van der Waals surface area contributed by atoms with Crippen molar-refractivity contribution >= 4 is 11.8 Å². The van der Waals surface area contributed by atoms with Gasteiger partial charge in [0, 0.05) is 23.2 Å². The van der Waals surface area contributed by atoms with E-state index in [4.69, 9.17) is 9.47 Å². The molecular formula is C17H24O5. The monoisotopic (exact) mass is 308 g/mol. The normalized spacial score (nSPS) is 39.3. The minimum Gasteiger partial charge on any atom is -0.508 e. The second kappa shape index (κ2) is 4.74. The molecule has 1 N–H and O–H groups in total. The highest BCUT2D eigenvalue weighted by Gasteiger charge is 2.67. The van der Waals surface area contributed by atoms with Crippen molar-refractivity contribution in [2.24, 2.45) is 22.7 Å². The van der Waals surface area contributed by atoms with E-state index in [-0.39, 0.29) is 41.8 Å². The van der Waals surface area contributed by atoms with Crippen LogP contribution in [-0.4, -0.2) is 29.6 Å². The number of hydrogen-bond donors (Lipinski definition) is 1. The molecule has 0 amide bonds. The molecule has 0 saturated heterocycles. The third-order valence-corrected chi connectivity index (χ3v) is 5.95. The molecule has 22 heavy (non-hydrogen) atoms. The highest BCUT2D eigenvalue weighted by molar-refractivity contribution is 5.93. The Labute approximate surface area is 130 Å². The first-order chi connectivity index (χ1) is 10.2. The van der Waals surface area contributed by atoms with Crippen molar-refractivity contribution in [2.75, 3.05) is 6.61 Å². The Hall–Kier alpha value is -1.52. The van der Waals surface area contributed by atoms with Crippen molar-refractivity contribution in [1.29, 1.82) is 0 Å². The van der Waals surface area contributed by atoms with E-state index < -0.39 is 16.8 Å². The lowest BCUT2D eigenvalue weighted by Gasteiger charge is -2.29. The molecule has 3 rings (SSSR count). The molecule has 0 aromatic heterocycles. The number of carbonyl (C=O) groups is 2. The maximum absolute atomic E-state index is 12.9. The summed E-state index contributed by atoms with van der Waals surface area (Å²) in [5.74, 6) is -0.462. The molecule has 5 heteroatoms. The molecule has 5 nitrogen and oxygen atoms in total. The van der Waals surface area contributed by atoms with Gasteiger partial charge in [-0.2, -0.15) is 0 Å². The van der Waals surface area contributed by atoms with Gasteiger partial charge in [-0.25, -0.2) is 4.79 Å². The van der Waals surface area contributed by atoms with E-state index in [1.165, 1.54) is 0 Å². The van der Waals surface area contributed by atoms with E-state index in [2.05, 4.69) is 0 Å². The van der Waals surface area contributed by atoms with Gasteiger partial charge in [-0.15, -0.1) is 0 Å². The Balaban J connectivity index is 2.02. The first kappa shape index (κ1) is 15.4. The van der Waals surface area contributed by atoms with Crippen molar-refractivity contribution < 1.29 is 24.2 Å². The number of Topliss-reactive ketones (excluding diaryl/α,β-unsaturated/α-hetero) is 1. The van der Waals surface area contributed by atoms with Gasteiger partial charge in [-0.05, 0) is 25.7 Å². The number of ketones is 1. The molecule has 3 aliphatic rings. The predicted octanol–water partition coefficient (Wildman–Crippen LogP) is 2.75. The molecule has 0 aromatic carbocycles. The minimum atomic E-state index is -0.613. The molecular weight excluding hydrogens is 284 g/mol. The largest absolute Gasteiger partial charge is 0.508 e. The third-order valence-electron chi connectivity index (χ3n) is 5.95. The number of aliphatic hydroxyl groups excluding tert-OH is 1. The van der Waals surface area contributed by atoms with Crippen LogP contribution in [0.1, 0.15) is 47.0 Å². The molecule has 0 unspecified atom stereocenters. The van der Waals surface area contributed by atoms with Crippen molar-refractivity contribution in [3.05, 3.63) is 11.5 Å². The third kappa shape index (κ3) is 1.83. The van der Waals surface area contributed by atoms with Crippen LogP contribution in [-0.2, 0) is 19.1 Å². The zero-order chi connectivity index (χ0) is 16.3. The molecule has 4 atom stereocenters. The van der Waals surface area contributed by atoms with Crippen molar-refractivity contribution in [3.63, 3.8) is 0 Å². The van der Waals surface area contributed by atoms with Crippen LogP contribution < -0.4 is 0 Å². The highest BCUT2D eigenvalue weighted by Crippen LogP contribution is 2.64. The average Bonchev–Trinajstić information content (AvgIpc) is 2.75. The fraction of sp³-hybridized carbons (Fsp3) is 0.765. The quantitative estimate of drug-likeness (QED) is 0.794. The second-order valence-corrected chi connectivity index (χ2v) is 7.50. The Kier molecular flexibility index (Phi) is 3.31. The average molecular weight is 308 g/mol. The summed E-state index contributed by atoms with van der Waals surface area (Å²) < 4.78 is 10.8. The van der Waals surface area contributed by atoms with Crippen molar-refractivity contribution in [3.8, 4) is 0 Å². The SMILES string of the molecule is CCOC(=O)C1=C(O)C[C@H]2[C@@H]3[C@@H](CC[C@]3(C)C(=O)C2(C)C)O1. The number of esters is 1. The van der Waals surface area contributed by atoms with E-state index in [9.17, 15) is 14.7 Å². The van der Waals surface area contributed by atoms with E-state index in [0.29, 0.717) is 6.42 Å². The summed E-state index contributed by atoms with van der Waals surface area (Å²) in [5, 5.41) is 10.4. The van der Waals surface area contributed by atoms with Gasteiger partial charge in [0.15, 0.2) is 0 Å². The fourth-order valence-electron chi connectivity index (χ4n) is 4.92. The lowest BCUT2D eigenvalue weighted by Crippen LogP contribution is -2.31. The lowest BCUT2D eigenvalue weighted by molar-refractivity contribution is -0.144. The van der Waals surface area contributed by atoms with Gasteiger partial charge in [0.1, 0.15) is 17.6 Å². The van der Waals surface area contributed by atoms with Crippen LogP contribution in [0, 0.1) is 22.7 Å².